The Balaban J connectivity index is 1.58. The van der Waals surface area contributed by atoms with Crippen molar-refractivity contribution in [1.29, 1.82) is 0 Å². The van der Waals surface area contributed by atoms with E-state index in [0.29, 0.717) is 30.8 Å². The molecule has 1 amide bonds. The summed E-state index contributed by atoms with van der Waals surface area (Å²) in [5.41, 5.74) is 2.52. The van der Waals surface area contributed by atoms with Crippen molar-refractivity contribution in [3.63, 3.8) is 0 Å². The second kappa shape index (κ2) is 15.6. The number of carbonyl (C=O) groups is 1. The Labute approximate surface area is 274 Å². The Kier molecular flexibility index (Phi) is 11.9. The molecule has 0 aromatic heterocycles. The molecule has 4 aromatic carbocycles. The molecule has 0 saturated heterocycles. The largest absolute Gasteiger partial charge is 0.442 e. The third-order valence-electron chi connectivity index (χ3n) is 7.29. The van der Waals surface area contributed by atoms with Crippen LogP contribution in [0.25, 0.3) is 0 Å². The smallest absolute Gasteiger partial charge is 0.439 e. The summed E-state index contributed by atoms with van der Waals surface area (Å²) in [6.45, 7) is 8.60. The van der Waals surface area contributed by atoms with Crippen LogP contribution in [0.3, 0.4) is 0 Å². The van der Waals surface area contributed by atoms with E-state index in [1.54, 1.807) is 39.0 Å². The van der Waals surface area contributed by atoms with E-state index in [-0.39, 0.29) is 24.1 Å². The summed E-state index contributed by atoms with van der Waals surface area (Å²) in [5, 5.41) is 0.845. The summed E-state index contributed by atoms with van der Waals surface area (Å²) in [4.78, 5) is 21.2. The minimum absolute atomic E-state index is 0.0567. The maximum atomic E-state index is 13.7. The number of benzene rings is 4. The second-order valence-electron chi connectivity index (χ2n) is 12.2. The molecule has 9 heteroatoms. The molecule has 0 spiro atoms. The summed E-state index contributed by atoms with van der Waals surface area (Å²) < 4.78 is 46.7. The molecule has 0 unspecified atom stereocenters. The molecule has 0 aliphatic heterocycles. The molecule has 0 saturated carbocycles. The number of alkyl halides is 3. The summed E-state index contributed by atoms with van der Waals surface area (Å²) in [5.74, 6) is -0.0567. The van der Waals surface area contributed by atoms with Gasteiger partial charge in [0.15, 0.2) is 0 Å². The number of anilines is 1. The number of hydrogen-bond acceptors (Lipinski definition) is 4. The fourth-order valence-electron chi connectivity index (χ4n) is 5.09. The Morgan fingerprint density at radius 3 is 1.96 bits per heavy atom. The predicted molar refractivity (Wildman–Crippen MR) is 177 cm³/mol. The van der Waals surface area contributed by atoms with Gasteiger partial charge in [-0.1, -0.05) is 102 Å². The minimum atomic E-state index is -4.57. The van der Waals surface area contributed by atoms with Crippen LogP contribution in [0.4, 0.5) is 23.7 Å². The van der Waals surface area contributed by atoms with Crippen LogP contribution in [-0.4, -0.2) is 36.3 Å². The van der Waals surface area contributed by atoms with E-state index in [0.717, 1.165) is 27.8 Å². The van der Waals surface area contributed by atoms with E-state index in [4.69, 9.17) is 21.2 Å². The van der Waals surface area contributed by atoms with Crippen LogP contribution < -0.4 is 5.06 Å². The zero-order chi connectivity index (χ0) is 33.3. The standard InChI is InChI=1S/C37H40ClF3N2O3/c1-27-19-21-31(22-20-27)43(35(44)46-36(2,3)4)45-24-12-23-42(25-30-17-11-18-33(34(30)38)37(39,40)41)26-32(28-13-7-5-8-14-28)29-15-9-6-10-16-29/h5-11,13-22,32H,12,23-26H2,1-4H3. The highest BCUT2D eigenvalue weighted by molar-refractivity contribution is 6.32. The molecular formula is C37H40ClF3N2O3. The van der Waals surface area contributed by atoms with Crippen molar-refractivity contribution >= 4 is 23.4 Å². The lowest BCUT2D eigenvalue weighted by Gasteiger charge is -2.30. The van der Waals surface area contributed by atoms with Gasteiger partial charge in [0.25, 0.3) is 0 Å². The first kappa shape index (κ1) is 35.0. The molecular weight excluding hydrogens is 613 g/mol. The number of halogens is 4. The molecule has 0 bridgehead atoms. The van der Waals surface area contributed by atoms with Gasteiger partial charge in [-0.3, -0.25) is 9.74 Å². The van der Waals surface area contributed by atoms with E-state index < -0.39 is 23.4 Å². The number of amides is 1. The van der Waals surface area contributed by atoms with Gasteiger partial charge in [-0.2, -0.15) is 18.2 Å². The average molecular weight is 653 g/mol. The Hall–Kier alpha value is -3.85. The molecule has 4 aromatic rings. The summed E-state index contributed by atoms with van der Waals surface area (Å²) in [6, 6.07) is 31.4. The Morgan fingerprint density at radius 1 is 0.826 bits per heavy atom. The molecule has 0 aliphatic carbocycles. The maximum Gasteiger partial charge on any atom is 0.439 e. The Morgan fingerprint density at radius 2 is 1.41 bits per heavy atom. The fourth-order valence-corrected chi connectivity index (χ4v) is 5.38. The van der Waals surface area contributed by atoms with Crippen molar-refractivity contribution in [3.8, 4) is 0 Å². The van der Waals surface area contributed by atoms with Crippen LogP contribution in [0, 0.1) is 6.92 Å². The van der Waals surface area contributed by atoms with E-state index in [1.807, 2.05) is 55.5 Å². The summed E-state index contributed by atoms with van der Waals surface area (Å²) in [6.07, 6.45) is -4.74. The lowest BCUT2D eigenvalue weighted by molar-refractivity contribution is -0.137. The minimum Gasteiger partial charge on any atom is -0.442 e. The van der Waals surface area contributed by atoms with Gasteiger partial charge in [0.2, 0.25) is 0 Å². The molecule has 0 radical (unpaired) electrons. The average Bonchev–Trinajstić information content (AvgIpc) is 3.00. The maximum absolute atomic E-state index is 13.7. The number of aryl methyl sites for hydroxylation is 1. The highest BCUT2D eigenvalue weighted by Gasteiger charge is 2.34. The van der Waals surface area contributed by atoms with Gasteiger partial charge < -0.3 is 4.74 Å². The van der Waals surface area contributed by atoms with Gasteiger partial charge in [-0.15, -0.1) is 0 Å². The van der Waals surface area contributed by atoms with E-state index in [1.165, 1.54) is 6.07 Å². The van der Waals surface area contributed by atoms with Crippen LogP contribution in [0.5, 0.6) is 0 Å². The molecule has 0 heterocycles. The van der Waals surface area contributed by atoms with Crippen molar-refractivity contribution in [1.82, 2.24) is 4.90 Å². The first-order chi connectivity index (χ1) is 21.8. The van der Waals surface area contributed by atoms with E-state index in [9.17, 15) is 18.0 Å². The van der Waals surface area contributed by atoms with E-state index in [2.05, 4.69) is 29.2 Å². The predicted octanol–water partition coefficient (Wildman–Crippen LogP) is 10.1. The van der Waals surface area contributed by atoms with Crippen LogP contribution in [0.15, 0.2) is 103 Å². The number of hydrogen-bond donors (Lipinski definition) is 0. The van der Waals surface area contributed by atoms with Gasteiger partial charge >= 0.3 is 12.3 Å². The van der Waals surface area contributed by atoms with Crippen LogP contribution >= 0.6 is 11.6 Å². The van der Waals surface area contributed by atoms with Gasteiger partial charge in [-0.25, -0.2) is 4.79 Å². The lowest BCUT2D eigenvalue weighted by atomic mass is 9.90. The number of ether oxygens (including phenoxy) is 1. The second-order valence-corrected chi connectivity index (χ2v) is 12.6. The quantitative estimate of drug-likeness (QED) is 0.113. The molecule has 5 nitrogen and oxygen atoms in total. The van der Waals surface area contributed by atoms with Crippen LogP contribution in [-0.2, 0) is 22.3 Å². The lowest BCUT2D eigenvalue weighted by Crippen LogP contribution is -2.38. The third kappa shape index (κ3) is 10.1. The number of nitrogens with zero attached hydrogens (tertiary/aromatic N) is 2. The SMILES string of the molecule is Cc1ccc(N(OCCCN(Cc2cccc(C(F)(F)F)c2Cl)CC(c2ccccc2)c2ccccc2)C(=O)OC(C)(C)C)cc1. The highest BCUT2D eigenvalue weighted by Crippen LogP contribution is 2.37. The molecule has 46 heavy (non-hydrogen) atoms. The Bertz CT molecular complexity index is 1500. The first-order valence-electron chi connectivity index (χ1n) is 15.2. The normalized spacial score (nSPS) is 12.0. The molecule has 4 rings (SSSR count). The van der Waals surface area contributed by atoms with Gasteiger partial charge in [0, 0.05) is 25.6 Å². The summed E-state index contributed by atoms with van der Waals surface area (Å²) >= 11 is 6.35. The monoisotopic (exact) mass is 652 g/mol. The third-order valence-corrected chi connectivity index (χ3v) is 7.74. The van der Waals surface area contributed by atoms with Gasteiger partial charge in [0.1, 0.15) is 5.60 Å². The van der Waals surface area contributed by atoms with Crippen LogP contribution in [0.1, 0.15) is 60.9 Å². The van der Waals surface area contributed by atoms with Crippen molar-refractivity contribution in [2.75, 3.05) is 24.8 Å². The fraction of sp³-hybridized carbons (Fsp3) is 0.324. The molecule has 0 fully saturated rings. The van der Waals surface area contributed by atoms with Crippen molar-refractivity contribution in [3.05, 3.63) is 136 Å². The number of carbonyl (C=O) groups excluding carboxylic acids is 1. The topological polar surface area (TPSA) is 42.0 Å². The molecule has 0 atom stereocenters. The molecule has 0 aliphatic rings. The van der Waals surface area contributed by atoms with Crippen molar-refractivity contribution < 1.29 is 27.5 Å². The molecule has 0 N–H and O–H groups in total. The van der Waals surface area contributed by atoms with Crippen LogP contribution in [0.2, 0.25) is 5.02 Å². The zero-order valence-electron chi connectivity index (χ0n) is 26.6. The summed E-state index contributed by atoms with van der Waals surface area (Å²) in [7, 11) is 0. The zero-order valence-corrected chi connectivity index (χ0v) is 27.3. The molecule has 244 valence electrons. The highest BCUT2D eigenvalue weighted by atomic mass is 35.5. The van der Waals surface area contributed by atoms with Gasteiger partial charge in [-0.05, 0) is 69.0 Å². The first-order valence-corrected chi connectivity index (χ1v) is 15.6. The number of rotatable bonds is 12. The number of hydroxylamine groups is 1. The van der Waals surface area contributed by atoms with Gasteiger partial charge in [0.05, 0.1) is 22.9 Å². The van der Waals surface area contributed by atoms with Crippen molar-refractivity contribution in [2.45, 2.75) is 58.4 Å². The van der Waals surface area contributed by atoms with E-state index >= 15 is 0 Å². The van der Waals surface area contributed by atoms with Crippen molar-refractivity contribution in [2.24, 2.45) is 0 Å².